The summed E-state index contributed by atoms with van der Waals surface area (Å²) in [6.45, 7) is 10.6. The number of hydrogen-bond donors (Lipinski definition) is 1. The molecule has 1 unspecified atom stereocenters. The number of carbonyl (C=O) groups excluding carboxylic acids is 1. The zero-order chi connectivity index (χ0) is 17.5. The number of nitrogens with zero attached hydrogens (tertiary/aromatic N) is 1. The van der Waals surface area contributed by atoms with E-state index < -0.39 is 0 Å². The van der Waals surface area contributed by atoms with Crippen LogP contribution in [-0.2, 0) is 0 Å². The molecule has 2 rings (SSSR count). The van der Waals surface area contributed by atoms with Crippen LogP contribution in [0.3, 0.4) is 0 Å². The second-order valence-electron chi connectivity index (χ2n) is 6.10. The molecule has 0 saturated heterocycles. The lowest BCUT2D eigenvalue weighted by molar-refractivity contribution is 0.102. The van der Waals surface area contributed by atoms with Crippen LogP contribution in [0.5, 0.6) is 0 Å². The summed E-state index contributed by atoms with van der Waals surface area (Å²) in [5.41, 5.74) is 3.96. The Morgan fingerprint density at radius 3 is 2.04 bits per heavy atom. The van der Waals surface area contributed by atoms with Crippen molar-refractivity contribution in [3.63, 3.8) is 0 Å². The van der Waals surface area contributed by atoms with Gasteiger partial charge in [0.2, 0.25) is 0 Å². The first-order valence-corrected chi connectivity index (χ1v) is 8.85. The van der Waals surface area contributed by atoms with Gasteiger partial charge in [0.05, 0.1) is 0 Å². The lowest BCUT2D eigenvalue weighted by Crippen LogP contribution is -2.21. The van der Waals surface area contributed by atoms with Gasteiger partial charge in [-0.2, -0.15) is 0 Å². The summed E-state index contributed by atoms with van der Waals surface area (Å²) >= 11 is 0. The van der Waals surface area contributed by atoms with Crippen molar-refractivity contribution in [3.8, 4) is 0 Å². The zero-order valence-corrected chi connectivity index (χ0v) is 15.2. The van der Waals surface area contributed by atoms with Crippen molar-refractivity contribution < 1.29 is 4.79 Å². The summed E-state index contributed by atoms with van der Waals surface area (Å²) in [4.78, 5) is 14.6. The number of nitrogens with one attached hydrogen (secondary N) is 1. The lowest BCUT2D eigenvalue weighted by atomic mass is 9.98. The largest absolute Gasteiger partial charge is 0.372 e. The second-order valence-corrected chi connectivity index (χ2v) is 6.10. The van der Waals surface area contributed by atoms with Gasteiger partial charge in [-0.1, -0.05) is 26.0 Å². The molecule has 24 heavy (non-hydrogen) atoms. The standard InChI is InChI=1S/C21H28N2O/c1-5-16(4)17-8-12-19(13-9-17)22-21(24)18-10-14-20(15-11-18)23(6-2)7-3/h8-16H,5-7H2,1-4H3,(H,22,24). The smallest absolute Gasteiger partial charge is 0.255 e. The van der Waals surface area contributed by atoms with Crippen LogP contribution in [0.1, 0.15) is 56.0 Å². The highest BCUT2D eigenvalue weighted by Crippen LogP contribution is 2.21. The number of carbonyl (C=O) groups is 1. The maximum absolute atomic E-state index is 12.4. The number of rotatable bonds is 7. The van der Waals surface area contributed by atoms with Crippen molar-refractivity contribution in [2.75, 3.05) is 23.3 Å². The Labute approximate surface area is 145 Å². The van der Waals surface area contributed by atoms with Gasteiger partial charge in [0.1, 0.15) is 0 Å². The maximum Gasteiger partial charge on any atom is 0.255 e. The summed E-state index contributed by atoms with van der Waals surface area (Å²) in [6.07, 6.45) is 1.12. The number of anilines is 2. The van der Waals surface area contributed by atoms with Crippen molar-refractivity contribution in [1.82, 2.24) is 0 Å². The third-order valence-electron chi connectivity index (χ3n) is 4.61. The van der Waals surface area contributed by atoms with E-state index >= 15 is 0 Å². The minimum Gasteiger partial charge on any atom is -0.372 e. The molecule has 0 heterocycles. The molecule has 0 aliphatic heterocycles. The van der Waals surface area contributed by atoms with Crippen molar-refractivity contribution in [1.29, 1.82) is 0 Å². The summed E-state index contributed by atoms with van der Waals surface area (Å²) in [5.74, 6) is 0.472. The first kappa shape index (κ1) is 18.1. The Morgan fingerprint density at radius 2 is 1.54 bits per heavy atom. The van der Waals surface area contributed by atoms with Crippen LogP contribution in [-0.4, -0.2) is 19.0 Å². The predicted octanol–water partition coefficient (Wildman–Crippen LogP) is 5.30. The van der Waals surface area contributed by atoms with E-state index in [0.717, 1.165) is 30.9 Å². The van der Waals surface area contributed by atoms with Crippen LogP contribution in [0.25, 0.3) is 0 Å². The molecule has 0 aliphatic rings. The monoisotopic (exact) mass is 324 g/mol. The first-order valence-electron chi connectivity index (χ1n) is 8.85. The Kier molecular flexibility index (Phi) is 6.42. The quantitative estimate of drug-likeness (QED) is 0.749. The lowest BCUT2D eigenvalue weighted by Gasteiger charge is -2.21. The van der Waals surface area contributed by atoms with E-state index in [-0.39, 0.29) is 5.91 Å². The molecule has 0 spiro atoms. The van der Waals surface area contributed by atoms with E-state index in [0.29, 0.717) is 11.5 Å². The van der Waals surface area contributed by atoms with Crippen LogP contribution in [0.4, 0.5) is 11.4 Å². The number of hydrogen-bond acceptors (Lipinski definition) is 2. The van der Waals surface area contributed by atoms with E-state index in [1.807, 2.05) is 36.4 Å². The molecule has 0 radical (unpaired) electrons. The minimum absolute atomic E-state index is 0.0719. The molecule has 2 aromatic carbocycles. The van der Waals surface area contributed by atoms with Gasteiger partial charge in [-0.05, 0) is 68.1 Å². The second kappa shape index (κ2) is 8.53. The minimum atomic E-state index is -0.0719. The number of benzene rings is 2. The van der Waals surface area contributed by atoms with E-state index in [9.17, 15) is 4.79 Å². The van der Waals surface area contributed by atoms with Crippen molar-refractivity contribution in [2.45, 2.75) is 40.0 Å². The van der Waals surface area contributed by atoms with Gasteiger partial charge in [-0.3, -0.25) is 4.79 Å². The van der Waals surface area contributed by atoms with Gasteiger partial charge in [-0.15, -0.1) is 0 Å². The highest BCUT2D eigenvalue weighted by atomic mass is 16.1. The van der Waals surface area contributed by atoms with E-state index in [2.05, 4.69) is 50.0 Å². The fraction of sp³-hybridized carbons (Fsp3) is 0.381. The molecule has 0 fully saturated rings. The summed E-state index contributed by atoms with van der Waals surface area (Å²) in [7, 11) is 0. The first-order chi connectivity index (χ1) is 11.6. The molecule has 1 amide bonds. The Morgan fingerprint density at radius 1 is 0.958 bits per heavy atom. The van der Waals surface area contributed by atoms with Crippen LogP contribution in [0.2, 0.25) is 0 Å². The fourth-order valence-corrected chi connectivity index (χ4v) is 2.75. The van der Waals surface area contributed by atoms with Crippen LogP contribution in [0.15, 0.2) is 48.5 Å². The van der Waals surface area contributed by atoms with Gasteiger partial charge < -0.3 is 10.2 Å². The van der Waals surface area contributed by atoms with Gasteiger partial charge >= 0.3 is 0 Å². The third-order valence-corrected chi connectivity index (χ3v) is 4.61. The fourth-order valence-electron chi connectivity index (χ4n) is 2.75. The normalized spacial score (nSPS) is 11.8. The Balaban J connectivity index is 2.04. The Bertz CT molecular complexity index is 643. The molecule has 3 nitrogen and oxygen atoms in total. The van der Waals surface area contributed by atoms with Crippen molar-refractivity contribution in [3.05, 3.63) is 59.7 Å². The number of amides is 1. The molecule has 1 N–H and O–H groups in total. The van der Waals surface area contributed by atoms with Crippen LogP contribution >= 0.6 is 0 Å². The highest BCUT2D eigenvalue weighted by molar-refractivity contribution is 6.04. The SMILES string of the molecule is CCC(C)c1ccc(NC(=O)c2ccc(N(CC)CC)cc2)cc1. The highest BCUT2D eigenvalue weighted by Gasteiger charge is 2.08. The summed E-state index contributed by atoms with van der Waals surface area (Å²) < 4.78 is 0. The molecular weight excluding hydrogens is 296 g/mol. The van der Waals surface area contributed by atoms with Gasteiger partial charge in [0.15, 0.2) is 0 Å². The average molecular weight is 324 g/mol. The molecule has 2 aromatic rings. The van der Waals surface area contributed by atoms with Gasteiger partial charge in [-0.25, -0.2) is 0 Å². The zero-order valence-electron chi connectivity index (χ0n) is 15.2. The Hall–Kier alpha value is -2.29. The third kappa shape index (κ3) is 4.38. The molecule has 0 bridgehead atoms. The molecule has 0 saturated carbocycles. The topological polar surface area (TPSA) is 32.3 Å². The average Bonchev–Trinajstić information content (AvgIpc) is 2.63. The van der Waals surface area contributed by atoms with E-state index in [1.54, 1.807) is 0 Å². The summed E-state index contributed by atoms with van der Waals surface area (Å²) in [5, 5.41) is 2.97. The van der Waals surface area contributed by atoms with Gasteiger partial charge in [0.25, 0.3) is 5.91 Å². The predicted molar refractivity (Wildman–Crippen MR) is 103 cm³/mol. The molecule has 128 valence electrons. The van der Waals surface area contributed by atoms with Crippen molar-refractivity contribution >= 4 is 17.3 Å². The van der Waals surface area contributed by atoms with Crippen LogP contribution in [0, 0.1) is 0 Å². The molecule has 1 atom stereocenters. The molecule has 0 aliphatic carbocycles. The molecular formula is C21H28N2O. The van der Waals surface area contributed by atoms with Crippen LogP contribution < -0.4 is 10.2 Å². The molecule has 3 heteroatoms. The maximum atomic E-state index is 12.4. The molecule has 0 aromatic heterocycles. The van der Waals surface area contributed by atoms with Crippen molar-refractivity contribution in [2.24, 2.45) is 0 Å². The summed E-state index contributed by atoms with van der Waals surface area (Å²) in [6, 6.07) is 15.9. The van der Waals surface area contributed by atoms with E-state index in [1.165, 1.54) is 5.56 Å². The van der Waals surface area contributed by atoms with E-state index in [4.69, 9.17) is 0 Å². The van der Waals surface area contributed by atoms with Gasteiger partial charge in [0, 0.05) is 30.0 Å².